The fourth-order valence-electron chi connectivity index (χ4n) is 3.26. The standard InChI is InChI=1S/C21H35N5O2/c1-4-22-21(23-15-19(27)14-18-8-6-5-7-9-18)26-12-10-25(11-13-26)16-20(28)24-17(2)3/h5-9,17,19,27H,4,10-16H2,1-3H3,(H,22,23)(H,24,28). The summed E-state index contributed by atoms with van der Waals surface area (Å²) in [6, 6.07) is 10.2. The van der Waals surface area contributed by atoms with Crippen molar-refractivity contribution in [1.29, 1.82) is 0 Å². The van der Waals surface area contributed by atoms with Crippen LogP contribution < -0.4 is 10.6 Å². The normalized spacial score (nSPS) is 16.9. The number of carbonyl (C=O) groups is 1. The number of hydrogen-bond donors (Lipinski definition) is 3. The molecule has 156 valence electrons. The van der Waals surface area contributed by atoms with Gasteiger partial charge in [-0.25, -0.2) is 0 Å². The Morgan fingerprint density at radius 3 is 2.46 bits per heavy atom. The summed E-state index contributed by atoms with van der Waals surface area (Å²) in [5.41, 5.74) is 1.11. The largest absolute Gasteiger partial charge is 0.391 e. The van der Waals surface area contributed by atoms with E-state index in [0.29, 0.717) is 19.5 Å². The van der Waals surface area contributed by atoms with E-state index >= 15 is 0 Å². The fraction of sp³-hybridized carbons (Fsp3) is 0.619. The van der Waals surface area contributed by atoms with Crippen LogP contribution in [0.4, 0.5) is 0 Å². The maximum absolute atomic E-state index is 11.9. The molecule has 0 bridgehead atoms. The first-order valence-corrected chi connectivity index (χ1v) is 10.2. The second-order valence-corrected chi connectivity index (χ2v) is 7.52. The molecule has 0 spiro atoms. The third-order valence-corrected chi connectivity index (χ3v) is 4.59. The van der Waals surface area contributed by atoms with Crippen LogP contribution in [0.25, 0.3) is 0 Å². The number of aliphatic hydroxyl groups is 1. The Labute approximate surface area is 168 Å². The molecule has 28 heavy (non-hydrogen) atoms. The van der Waals surface area contributed by atoms with Gasteiger partial charge >= 0.3 is 0 Å². The Morgan fingerprint density at radius 1 is 1.18 bits per heavy atom. The molecular formula is C21H35N5O2. The van der Waals surface area contributed by atoms with Crippen LogP contribution in [0.2, 0.25) is 0 Å². The summed E-state index contributed by atoms with van der Waals surface area (Å²) in [6.45, 7) is 10.9. The average Bonchev–Trinajstić information content (AvgIpc) is 2.66. The second-order valence-electron chi connectivity index (χ2n) is 7.52. The molecule has 1 aromatic carbocycles. The van der Waals surface area contributed by atoms with E-state index in [9.17, 15) is 9.90 Å². The summed E-state index contributed by atoms with van der Waals surface area (Å²) in [6.07, 6.45) is 0.0970. The number of rotatable bonds is 8. The molecule has 1 aliphatic heterocycles. The van der Waals surface area contributed by atoms with Gasteiger partial charge in [-0.2, -0.15) is 0 Å². The number of hydrogen-bond acceptors (Lipinski definition) is 4. The SMILES string of the molecule is CCNC(=NCC(O)Cc1ccccc1)N1CCN(CC(=O)NC(C)C)CC1. The lowest BCUT2D eigenvalue weighted by molar-refractivity contribution is -0.123. The van der Waals surface area contributed by atoms with E-state index in [0.717, 1.165) is 44.2 Å². The topological polar surface area (TPSA) is 80.2 Å². The molecular weight excluding hydrogens is 354 g/mol. The van der Waals surface area contributed by atoms with Gasteiger partial charge in [0.1, 0.15) is 0 Å². The molecule has 3 N–H and O–H groups in total. The number of nitrogens with zero attached hydrogens (tertiary/aromatic N) is 3. The molecule has 1 atom stereocenters. The minimum Gasteiger partial charge on any atom is -0.391 e. The van der Waals surface area contributed by atoms with Gasteiger partial charge in [-0.1, -0.05) is 30.3 Å². The number of piperazine rings is 1. The van der Waals surface area contributed by atoms with Gasteiger partial charge in [-0.3, -0.25) is 14.7 Å². The number of carbonyl (C=O) groups excluding carboxylic acids is 1. The minimum absolute atomic E-state index is 0.0769. The minimum atomic E-state index is -0.503. The van der Waals surface area contributed by atoms with Crippen LogP contribution in [-0.4, -0.2) is 84.7 Å². The van der Waals surface area contributed by atoms with Crippen LogP contribution in [0.15, 0.2) is 35.3 Å². The van der Waals surface area contributed by atoms with Crippen molar-refractivity contribution in [3.8, 4) is 0 Å². The van der Waals surface area contributed by atoms with Crippen molar-refractivity contribution in [1.82, 2.24) is 20.4 Å². The van der Waals surface area contributed by atoms with E-state index in [-0.39, 0.29) is 11.9 Å². The molecule has 1 unspecified atom stereocenters. The van der Waals surface area contributed by atoms with E-state index in [1.165, 1.54) is 0 Å². The van der Waals surface area contributed by atoms with Gasteiger partial charge in [0, 0.05) is 45.2 Å². The van der Waals surface area contributed by atoms with Gasteiger partial charge < -0.3 is 20.6 Å². The first kappa shape index (κ1) is 22.2. The highest BCUT2D eigenvalue weighted by Crippen LogP contribution is 2.05. The molecule has 1 aromatic rings. The first-order chi connectivity index (χ1) is 13.5. The molecule has 0 aromatic heterocycles. The van der Waals surface area contributed by atoms with Crippen molar-refractivity contribution >= 4 is 11.9 Å². The molecule has 0 saturated carbocycles. The van der Waals surface area contributed by atoms with Crippen LogP contribution in [0, 0.1) is 0 Å². The van der Waals surface area contributed by atoms with Crippen molar-refractivity contribution in [2.45, 2.75) is 39.3 Å². The number of nitrogens with one attached hydrogen (secondary N) is 2. The number of aliphatic hydroxyl groups excluding tert-OH is 1. The zero-order valence-corrected chi connectivity index (χ0v) is 17.4. The van der Waals surface area contributed by atoms with Crippen LogP contribution >= 0.6 is 0 Å². The number of guanidine groups is 1. The quantitative estimate of drug-likeness (QED) is 0.450. The van der Waals surface area contributed by atoms with Crippen molar-refractivity contribution in [2.75, 3.05) is 45.8 Å². The Morgan fingerprint density at radius 2 is 1.86 bits per heavy atom. The van der Waals surface area contributed by atoms with Gasteiger partial charge in [0.25, 0.3) is 0 Å². The first-order valence-electron chi connectivity index (χ1n) is 10.2. The third-order valence-electron chi connectivity index (χ3n) is 4.59. The van der Waals surface area contributed by atoms with E-state index in [4.69, 9.17) is 0 Å². The summed E-state index contributed by atoms with van der Waals surface area (Å²) in [7, 11) is 0. The predicted molar refractivity (Wildman–Crippen MR) is 113 cm³/mol. The highest BCUT2D eigenvalue weighted by atomic mass is 16.3. The lowest BCUT2D eigenvalue weighted by atomic mass is 10.1. The monoisotopic (exact) mass is 389 g/mol. The number of aliphatic imine (C=N–C) groups is 1. The average molecular weight is 390 g/mol. The van der Waals surface area contributed by atoms with E-state index in [1.54, 1.807) is 0 Å². The van der Waals surface area contributed by atoms with Crippen LogP contribution in [0.5, 0.6) is 0 Å². The van der Waals surface area contributed by atoms with Gasteiger partial charge in [0.2, 0.25) is 5.91 Å². The van der Waals surface area contributed by atoms with Crippen molar-refractivity contribution < 1.29 is 9.90 Å². The van der Waals surface area contributed by atoms with Crippen molar-refractivity contribution in [3.05, 3.63) is 35.9 Å². The van der Waals surface area contributed by atoms with E-state index < -0.39 is 6.10 Å². The summed E-state index contributed by atoms with van der Waals surface area (Å²) < 4.78 is 0. The fourth-order valence-corrected chi connectivity index (χ4v) is 3.26. The lowest BCUT2D eigenvalue weighted by Crippen LogP contribution is -2.54. The van der Waals surface area contributed by atoms with Crippen molar-refractivity contribution in [2.24, 2.45) is 4.99 Å². The number of amides is 1. The molecule has 1 saturated heterocycles. The van der Waals surface area contributed by atoms with Crippen LogP contribution in [-0.2, 0) is 11.2 Å². The van der Waals surface area contributed by atoms with Crippen LogP contribution in [0.3, 0.4) is 0 Å². The summed E-state index contributed by atoms with van der Waals surface area (Å²) in [4.78, 5) is 21.0. The molecule has 0 aliphatic carbocycles. The maximum atomic E-state index is 11.9. The number of benzene rings is 1. The molecule has 7 nitrogen and oxygen atoms in total. The van der Waals surface area contributed by atoms with Crippen molar-refractivity contribution in [3.63, 3.8) is 0 Å². The van der Waals surface area contributed by atoms with Crippen LogP contribution in [0.1, 0.15) is 26.3 Å². The van der Waals surface area contributed by atoms with Gasteiger partial charge in [-0.15, -0.1) is 0 Å². The van der Waals surface area contributed by atoms with E-state index in [1.807, 2.05) is 51.1 Å². The maximum Gasteiger partial charge on any atom is 0.234 e. The molecule has 0 radical (unpaired) electrons. The molecule has 2 rings (SSSR count). The molecule has 1 heterocycles. The van der Waals surface area contributed by atoms with Gasteiger partial charge in [-0.05, 0) is 26.3 Å². The van der Waals surface area contributed by atoms with Gasteiger partial charge in [0.05, 0.1) is 19.2 Å². The molecule has 7 heteroatoms. The highest BCUT2D eigenvalue weighted by molar-refractivity contribution is 5.80. The smallest absolute Gasteiger partial charge is 0.234 e. The Hall–Kier alpha value is -2.12. The zero-order chi connectivity index (χ0) is 20.4. The Kier molecular flexibility index (Phi) is 9.23. The molecule has 1 aliphatic rings. The second kappa shape index (κ2) is 11.7. The summed E-state index contributed by atoms with van der Waals surface area (Å²) >= 11 is 0. The Balaban J connectivity index is 1.83. The molecule has 1 fully saturated rings. The summed E-state index contributed by atoms with van der Waals surface area (Å²) in [5.74, 6) is 0.911. The molecule has 1 amide bonds. The lowest BCUT2D eigenvalue weighted by Gasteiger charge is -2.36. The zero-order valence-electron chi connectivity index (χ0n) is 17.4. The third kappa shape index (κ3) is 7.86. The Bertz CT molecular complexity index is 612. The predicted octanol–water partition coefficient (Wildman–Crippen LogP) is 0.698. The van der Waals surface area contributed by atoms with Gasteiger partial charge in [0.15, 0.2) is 5.96 Å². The highest BCUT2D eigenvalue weighted by Gasteiger charge is 2.21. The van der Waals surface area contributed by atoms with E-state index in [2.05, 4.69) is 25.4 Å². The summed E-state index contributed by atoms with van der Waals surface area (Å²) in [5, 5.41) is 16.6.